The minimum atomic E-state index is 0.467. The number of hydrogen-bond donors (Lipinski definition) is 0. The third kappa shape index (κ3) is 4.51. The Labute approximate surface area is 113 Å². The predicted molar refractivity (Wildman–Crippen MR) is 79.5 cm³/mol. The first-order valence-electron chi connectivity index (χ1n) is 7.62. The molecule has 0 aromatic heterocycles. The van der Waals surface area contributed by atoms with Gasteiger partial charge in [-0.05, 0) is 18.3 Å². The van der Waals surface area contributed by atoms with E-state index in [1.807, 2.05) is 6.34 Å². The van der Waals surface area contributed by atoms with Gasteiger partial charge in [-0.1, -0.05) is 53.9 Å². The first kappa shape index (κ1) is 15.3. The van der Waals surface area contributed by atoms with E-state index in [1.165, 1.54) is 25.7 Å². The largest absolute Gasteiger partial charge is 0.339 e. The molecule has 1 atom stereocenters. The van der Waals surface area contributed by atoms with Crippen LogP contribution in [0.1, 0.15) is 60.3 Å². The third-order valence-corrected chi connectivity index (χ3v) is 3.41. The number of hydrogen-bond acceptors (Lipinski definition) is 3. The minimum Gasteiger partial charge on any atom is -0.339 e. The third-order valence-electron chi connectivity index (χ3n) is 3.41. The van der Waals surface area contributed by atoms with Crippen LogP contribution in [0.5, 0.6) is 0 Å². The summed E-state index contributed by atoms with van der Waals surface area (Å²) in [4.78, 5) is 2.41. The summed E-state index contributed by atoms with van der Waals surface area (Å²) in [6.07, 6.45) is 7.76. The van der Waals surface area contributed by atoms with E-state index in [2.05, 4.69) is 49.6 Å². The monoisotopic (exact) mass is 253 g/mol. The highest BCUT2D eigenvalue weighted by atomic mass is 15.6. The van der Waals surface area contributed by atoms with Crippen molar-refractivity contribution in [1.29, 1.82) is 0 Å². The molecule has 3 nitrogen and oxygen atoms in total. The molecule has 0 spiro atoms. The molecule has 1 aliphatic rings. The van der Waals surface area contributed by atoms with Crippen LogP contribution in [0.3, 0.4) is 0 Å². The topological polar surface area (TPSA) is 18.8 Å². The predicted octanol–water partition coefficient (Wildman–Crippen LogP) is 3.77. The van der Waals surface area contributed by atoms with Gasteiger partial charge in [0.25, 0.3) is 0 Å². The standard InChI is InChI=1S/C15H31N3/c1-6-7-8-9-10-18-15(14(4)5)17(12-16-18)11-13(2)3/h12-15H,6-11H2,1-5H3. The molecule has 1 heterocycles. The molecular weight excluding hydrogens is 222 g/mol. The molecule has 0 N–H and O–H groups in total. The Morgan fingerprint density at radius 3 is 2.39 bits per heavy atom. The summed E-state index contributed by atoms with van der Waals surface area (Å²) in [6, 6.07) is 0. The van der Waals surface area contributed by atoms with Crippen LogP contribution in [0.4, 0.5) is 0 Å². The summed E-state index contributed by atoms with van der Waals surface area (Å²) >= 11 is 0. The van der Waals surface area contributed by atoms with Crippen molar-refractivity contribution in [3.63, 3.8) is 0 Å². The molecule has 1 unspecified atom stereocenters. The molecule has 18 heavy (non-hydrogen) atoms. The molecule has 0 saturated carbocycles. The summed E-state index contributed by atoms with van der Waals surface area (Å²) < 4.78 is 0. The molecule has 106 valence electrons. The molecule has 0 aliphatic carbocycles. The molecular formula is C15H31N3. The number of nitrogens with zero attached hydrogens (tertiary/aromatic N) is 3. The lowest BCUT2D eigenvalue weighted by Gasteiger charge is -2.34. The van der Waals surface area contributed by atoms with Gasteiger partial charge in [0, 0.05) is 13.1 Å². The normalized spacial score (nSPS) is 19.6. The van der Waals surface area contributed by atoms with Gasteiger partial charge in [0.05, 0.1) is 0 Å². The van der Waals surface area contributed by atoms with Crippen LogP contribution < -0.4 is 0 Å². The number of hydrazone groups is 1. The van der Waals surface area contributed by atoms with Gasteiger partial charge in [0.2, 0.25) is 0 Å². The maximum absolute atomic E-state index is 4.60. The first-order chi connectivity index (χ1) is 8.56. The average molecular weight is 253 g/mol. The van der Waals surface area contributed by atoms with Gasteiger partial charge >= 0.3 is 0 Å². The molecule has 0 amide bonds. The Morgan fingerprint density at radius 1 is 1.11 bits per heavy atom. The van der Waals surface area contributed by atoms with Gasteiger partial charge in [-0.3, -0.25) is 5.01 Å². The van der Waals surface area contributed by atoms with E-state index in [4.69, 9.17) is 0 Å². The average Bonchev–Trinajstić information content (AvgIpc) is 2.66. The summed E-state index contributed by atoms with van der Waals surface area (Å²) in [5.74, 6) is 1.31. The number of rotatable bonds is 8. The van der Waals surface area contributed by atoms with Gasteiger partial charge in [-0.15, -0.1) is 0 Å². The molecule has 0 saturated heterocycles. The fourth-order valence-electron chi connectivity index (χ4n) is 2.63. The van der Waals surface area contributed by atoms with Crippen LogP contribution in [-0.2, 0) is 0 Å². The van der Waals surface area contributed by atoms with E-state index in [-0.39, 0.29) is 0 Å². The fraction of sp³-hybridized carbons (Fsp3) is 0.933. The Bertz CT molecular complexity index is 248. The van der Waals surface area contributed by atoms with Crippen molar-refractivity contribution in [3.05, 3.63) is 0 Å². The molecule has 0 fully saturated rings. The molecule has 0 bridgehead atoms. The van der Waals surface area contributed by atoms with Crippen LogP contribution in [0.15, 0.2) is 5.10 Å². The highest BCUT2D eigenvalue weighted by molar-refractivity contribution is 5.57. The lowest BCUT2D eigenvalue weighted by Crippen LogP contribution is -2.45. The van der Waals surface area contributed by atoms with Crippen LogP contribution in [-0.4, -0.2) is 35.5 Å². The van der Waals surface area contributed by atoms with E-state index in [0.29, 0.717) is 18.0 Å². The SMILES string of the molecule is CCCCCCN1N=CN(CC(C)C)C1C(C)C. The summed E-state index contributed by atoms with van der Waals surface area (Å²) in [6.45, 7) is 13.6. The van der Waals surface area contributed by atoms with Crippen molar-refractivity contribution in [2.45, 2.75) is 66.5 Å². The van der Waals surface area contributed by atoms with Crippen molar-refractivity contribution >= 4 is 6.34 Å². The molecule has 0 aromatic carbocycles. The molecule has 1 aliphatic heterocycles. The minimum absolute atomic E-state index is 0.467. The van der Waals surface area contributed by atoms with Gasteiger partial charge in [-0.2, -0.15) is 5.10 Å². The lowest BCUT2D eigenvalue weighted by atomic mass is 10.1. The summed E-state index contributed by atoms with van der Waals surface area (Å²) in [7, 11) is 0. The van der Waals surface area contributed by atoms with Crippen molar-refractivity contribution in [3.8, 4) is 0 Å². The van der Waals surface area contributed by atoms with Gasteiger partial charge < -0.3 is 4.90 Å². The van der Waals surface area contributed by atoms with Crippen LogP contribution in [0.25, 0.3) is 0 Å². The van der Waals surface area contributed by atoms with Crippen LogP contribution in [0.2, 0.25) is 0 Å². The zero-order chi connectivity index (χ0) is 13.5. The lowest BCUT2D eigenvalue weighted by molar-refractivity contribution is 0.0812. The highest BCUT2D eigenvalue weighted by Crippen LogP contribution is 2.21. The molecule has 1 rings (SSSR count). The highest BCUT2D eigenvalue weighted by Gasteiger charge is 2.30. The Hall–Kier alpha value is -0.730. The van der Waals surface area contributed by atoms with Crippen LogP contribution >= 0.6 is 0 Å². The number of unbranched alkanes of at least 4 members (excludes halogenated alkanes) is 3. The summed E-state index contributed by atoms with van der Waals surface area (Å²) in [5, 5.41) is 6.90. The van der Waals surface area contributed by atoms with Gasteiger partial charge in [0.1, 0.15) is 12.5 Å². The van der Waals surface area contributed by atoms with E-state index in [9.17, 15) is 0 Å². The second kappa shape index (κ2) is 7.65. The Kier molecular flexibility index (Phi) is 6.51. The zero-order valence-corrected chi connectivity index (χ0v) is 12.9. The van der Waals surface area contributed by atoms with Crippen molar-refractivity contribution in [2.24, 2.45) is 16.9 Å². The van der Waals surface area contributed by atoms with E-state index in [0.717, 1.165) is 13.1 Å². The van der Waals surface area contributed by atoms with E-state index < -0.39 is 0 Å². The van der Waals surface area contributed by atoms with Crippen molar-refractivity contribution < 1.29 is 0 Å². The van der Waals surface area contributed by atoms with Crippen molar-refractivity contribution in [1.82, 2.24) is 9.91 Å². The second-order valence-electron chi connectivity index (χ2n) is 6.20. The Morgan fingerprint density at radius 2 is 1.83 bits per heavy atom. The van der Waals surface area contributed by atoms with E-state index >= 15 is 0 Å². The Balaban J connectivity index is 2.45. The zero-order valence-electron chi connectivity index (χ0n) is 12.9. The second-order valence-corrected chi connectivity index (χ2v) is 6.20. The van der Waals surface area contributed by atoms with Crippen LogP contribution in [0, 0.1) is 11.8 Å². The quantitative estimate of drug-likeness (QED) is 0.613. The fourth-order valence-corrected chi connectivity index (χ4v) is 2.63. The van der Waals surface area contributed by atoms with Crippen molar-refractivity contribution in [2.75, 3.05) is 13.1 Å². The van der Waals surface area contributed by atoms with Gasteiger partial charge in [-0.25, -0.2) is 0 Å². The first-order valence-corrected chi connectivity index (χ1v) is 7.62. The maximum Gasteiger partial charge on any atom is 0.121 e. The van der Waals surface area contributed by atoms with Gasteiger partial charge in [0.15, 0.2) is 0 Å². The summed E-state index contributed by atoms with van der Waals surface area (Å²) in [5.41, 5.74) is 0. The molecule has 3 heteroatoms. The maximum atomic E-state index is 4.60. The van der Waals surface area contributed by atoms with E-state index in [1.54, 1.807) is 0 Å². The molecule has 0 radical (unpaired) electrons. The molecule has 0 aromatic rings. The smallest absolute Gasteiger partial charge is 0.121 e.